The Bertz CT molecular complexity index is 440. The van der Waals surface area contributed by atoms with Crippen molar-refractivity contribution in [1.29, 1.82) is 0 Å². The number of carbonyl (C=O) groups is 2. The first-order valence-electron chi connectivity index (χ1n) is 4.55. The van der Waals surface area contributed by atoms with Crippen molar-refractivity contribution >= 4 is 11.8 Å². The molecule has 0 saturated carbocycles. The van der Waals surface area contributed by atoms with Crippen LogP contribution in [0.4, 0.5) is 4.39 Å². The van der Waals surface area contributed by atoms with Gasteiger partial charge >= 0.3 is 5.97 Å². The first-order valence-corrected chi connectivity index (χ1v) is 4.55. The lowest BCUT2D eigenvalue weighted by molar-refractivity contribution is -0.148. The lowest BCUT2D eigenvalue weighted by Crippen LogP contribution is -2.16. The van der Waals surface area contributed by atoms with Crippen LogP contribution in [0.15, 0.2) is 12.1 Å². The largest absolute Gasteiger partial charge is 0.496 e. The SMILES string of the molecule is COc1cc(C)cc(F)c1CC(=O)C(=O)O. The van der Waals surface area contributed by atoms with Crippen LogP contribution in [-0.2, 0) is 16.0 Å². The van der Waals surface area contributed by atoms with E-state index in [0.717, 1.165) is 0 Å². The molecule has 0 radical (unpaired) electrons. The van der Waals surface area contributed by atoms with Gasteiger partial charge < -0.3 is 9.84 Å². The number of carboxylic acid groups (broad SMARTS) is 1. The van der Waals surface area contributed by atoms with E-state index in [0.29, 0.717) is 5.56 Å². The van der Waals surface area contributed by atoms with Gasteiger partial charge in [-0.1, -0.05) is 0 Å². The summed E-state index contributed by atoms with van der Waals surface area (Å²) in [5.41, 5.74) is 0.612. The third kappa shape index (κ3) is 2.56. The van der Waals surface area contributed by atoms with E-state index in [1.54, 1.807) is 13.0 Å². The average Bonchev–Trinajstić information content (AvgIpc) is 2.21. The lowest BCUT2D eigenvalue weighted by atomic mass is 10.0. The van der Waals surface area contributed by atoms with Gasteiger partial charge in [-0.2, -0.15) is 0 Å². The molecule has 0 aliphatic carbocycles. The Balaban J connectivity index is 3.12. The van der Waals surface area contributed by atoms with Crippen molar-refractivity contribution < 1.29 is 23.8 Å². The van der Waals surface area contributed by atoms with Gasteiger partial charge in [0.2, 0.25) is 5.78 Å². The van der Waals surface area contributed by atoms with E-state index < -0.39 is 24.0 Å². The first kappa shape index (κ1) is 12.2. The van der Waals surface area contributed by atoms with Crippen molar-refractivity contribution in [2.45, 2.75) is 13.3 Å². The normalized spacial score (nSPS) is 9.94. The summed E-state index contributed by atoms with van der Waals surface area (Å²) in [5, 5.41) is 8.44. The van der Waals surface area contributed by atoms with E-state index >= 15 is 0 Å². The topological polar surface area (TPSA) is 63.6 Å². The Morgan fingerprint density at radius 2 is 2.06 bits per heavy atom. The van der Waals surface area contributed by atoms with Crippen LogP contribution in [-0.4, -0.2) is 24.0 Å². The van der Waals surface area contributed by atoms with Crippen LogP contribution in [0.25, 0.3) is 0 Å². The molecule has 0 aromatic heterocycles. The van der Waals surface area contributed by atoms with Crippen LogP contribution in [0.1, 0.15) is 11.1 Å². The number of carbonyl (C=O) groups excluding carboxylic acids is 1. The zero-order chi connectivity index (χ0) is 12.3. The Morgan fingerprint density at radius 1 is 1.44 bits per heavy atom. The Kier molecular flexibility index (Phi) is 3.60. The maximum Gasteiger partial charge on any atom is 0.372 e. The molecule has 1 rings (SSSR count). The Hall–Kier alpha value is -1.91. The van der Waals surface area contributed by atoms with E-state index in [1.807, 2.05) is 0 Å². The highest BCUT2D eigenvalue weighted by Crippen LogP contribution is 2.24. The molecule has 86 valence electrons. The number of ketones is 1. The second kappa shape index (κ2) is 4.74. The molecule has 1 aromatic rings. The average molecular weight is 226 g/mol. The fraction of sp³-hybridized carbons (Fsp3) is 0.273. The number of benzene rings is 1. The molecule has 0 saturated heterocycles. The molecule has 0 aliphatic rings. The molecule has 0 unspecified atom stereocenters. The van der Waals surface area contributed by atoms with Crippen LogP contribution in [0, 0.1) is 12.7 Å². The number of halogens is 1. The Labute approximate surface area is 91.7 Å². The molecule has 1 N–H and O–H groups in total. The summed E-state index contributed by atoms with van der Waals surface area (Å²) in [6.45, 7) is 1.67. The van der Waals surface area contributed by atoms with Crippen LogP contribution in [0.2, 0.25) is 0 Å². The summed E-state index contributed by atoms with van der Waals surface area (Å²) in [6, 6.07) is 2.78. The van der Waals surface area contributed by atoms with Gasteiger partial charge in [0, 0.05) is 12.0 Å². The summed E-state index contributed by atoms with van der Waals surface area (Å²) in [4.78, 5) is 21.4. The minimum atomic E-state index is -1.58. The van der Waals surface area contributed by atoms with Gasteiger partial charge in [-0.05, 0) is 24.6 Å². The first-order chi connectivity index (χ1) is 7.45. The number of aliphatic carboxylic acids is 1. The number of methoxy groups -OCH3 is 1. The van der Waals surface area contributed by atoms with E-state index in [9.17, 15) is 14.0 Å². The second-order valence-corrected chi connectivity index (χ2v) is 3.33. The second-order valence-electron chi connectivity index (χ2n) is 3.33. The molecule has 4 nitrogen and oxygen atoms in total. The maximum absolute atomic E-state index is 13.5. The summed E-state index contributed by atoms with van der Waals surface area (Å²) < 4.78 is 18.4. The fourth-order valence-corrected chi connectivity index (χ4v) is 1.33. The van der Waals surface area contributed by atoms with Crippen molar-refractivity contribution in [1.82, 2.24) is 0 Å². The van der Waals surface area contributed by atoms with Crippen LogP contribution in [0.5, 0.6) is 5.75 Å². The summed E-state index contributed by atoms with van der Waals surface area (Å²) >= 11 is 0. The lowest BCUT2D eigenvalue weighted by Gasteiger charge is -2.09. The van der Waals surface area contributed by atoms with Crippen LogP contribution >= 0.6 is 0 Å². The van der Waals surface area contributed by atoms with E-state index in [2.05, 4.69) is 0 Å². The summed E-state index contributed by atoms with van der Waals surface area (Å²) in [5.74, 6) is -3.10. The highest BCUT2D eigenvalue weighted by Gasteiger charge is 2.18. The quantitative estimate of drug-likeness (QED) is 0.787. The molecule has 0 spiro atoms. The van der Waals surface area contributed by atoms with Crippen molar-refractivity contribution in [2.75, 3.05) is 7.11 Å². The van der Waals surface area contributed by atoms with E-state index in [4.69, 9.17) is 9.84 Å². The minimum absolute atomic E-state index is 0.0273. The molecule has 0 fully saturated rings. The van der Waals surface area contributed by atoms with Crippen molar-refractivity contribution in [2.24, 2.45) is 0 Å². The number of hydrogen-bond acceptors (Lipinski definition) is 3. The summed E-state index contributed by atoms with van der Waals surface area (Å²) in [6.07, 6.45) is -0.509. The molecule has 0 atom stereocenters. The molecule has 0 bridgehead atoms. The predicted molar refractivity (Wildman–Crippen MR) is 54.0 cm³/mol. The maximum atomic E-state index is 13.5. The van der Waals surface area contributed by atoms with Gasteiger partial charge in [0.1, 0.15) is 11.6 Å². The van der Waals surface area contributed by atoms with Crippen LogP contribution in [0.3, 0.4) is 0 Å². The number of ether oxygens (including phenoxy) is 1. The zero-order valence-corrected chi connectivity index (χ0v) is 8.91. The van der Waals surface area contributed by atoms with Gasteiger partial charge in [0.05, 0.1) is 7.11 Å². The Morgan fingerprint density at radius 3 is 2.56 bits per heavy atom. The standard InChI is InChI=1S/C11H11FO4/c1-6-3-8(12)7(10(4-6)16-2)5-9(13)11(14)15/h3-4H,5H2,1-2H3,(H,14,15). The number of hydrogen-bond donors (Lipinski definition) is 1. The van der Waals surface area contributed by atoms with Crippen molar-refractivity contribution in [3.8, 4) is 5.75 Å². The smallest absolute Gasteiger partial charge is 0.372 e. The number of rotatable bonds is 4. The van der Waals surface area contributed by atoms with Crippen LogP contribution < -0.4 is 4.74 Å². The van der Waals surface area contributed by atoms with E-state index in [1.165, 1.54) is 13.2 Å². The zero-order valence-electron chi connectivity index (χ0n) is 8.91. The fourth-order valence-electron chi connectivity index (χ4n) is 1.33. The summed E-state index contributed by atoms with van der Waals surface area (Å²) in [7, 11) is 1.34. The highest BCUT2D eigenvalue weighted by molar-refractivity contribution is 6.33. The van der Waals surface area contributed by atoms with Crippen molar-refractivity contribution in [3.05, 3.63) is 29.1 Å². The number of carboxylic acids is 1. The molecule has 0 amide bonds. The molecule has 5 heteroatoms. The van der Waals surface area contributed by atoms with Gasteiger partial charge in [-0.3, -0.25) is 4.79 Å². The van der Waals surface area contributed by atoms with Gasteiger partial charge in [-0.15, -0.1) is 0 Å². The molecular formula is C11H11FO4. The van der Waals surface area contributed by atoms with Gasteiger partial charge in [-0.25, -0.2) is 9.18 Å². The minimum Gasteiger partial charge on any atom is -0.496 e. The number of aryl methyl sites for hydroxylation is 1. The number of Topliss-reactive ketones (excluding diaryl/α,β-unsaturated/α-hetero) is 1. The van der Waals surface area contributed by atoms with Gasteiger partial charge in [0.15, 0.2) is 0 Å². The monoisotopic (exact) mass is 226 g/mol. The molecule has 1 aromatic carbocycles. The third-order valence-electron chi connectivity index (χ3n) is 2.09. The molecule has 16 heavy (non-hydrogen) atoms. The highest BCUT2D eigenvalue weighted by atomic mass is 19.1. The molecular weight excluding hydrogens is 215 g/mol. The molecule has 0 aliphatic heterocycles. The molecule has 0 heterocycles. The third-order valence-corrected chi connectivity index (χ3v) is 2.09. The van der Waals surface area contributed by atoms with Crippen molar-refractivity contribution in [3.63, 3.8) is 0 Å². The van der Waals surface area contributed by atoms with Gasteiger partial charge in [0.25, 0.3) is 0 Å². The predicted octanol–water partition coefficient (Wildman–Crippen LogP) is 1.34. The van der Waals surface area contributed by atoms with E-state index in [-0.39, 0.29) is 11.3 Å².